The first-order chi connectivity index (χ1) is 14.3. The number of hydrogen-bond acceptors (Lipinski definition) is 5. The van der Waals surface area contributed by atoms with Gasteiger partial charge in [0.15, 0.2) is 0 Å². The van der Waals surface area contributed by atoms with E-state index in [1.165, 1.54) is 11.4 Å². The summed E-state index contributed by atoms with van der Waals surface area (Å²) >= 11 is 0. The van der Waals surface area contributed by atoms with E-state index in [0.29, 0.717) is 37.2 Å². The van der Waals surface area contributed by atoms with Crippen molar-refractivity contribution in [3.8, 4) is 11.8 Å². The number of benzene rings is 2. The molecule has 158 valence electrons. The van der Waals surface area contributed by atoms with E-state index < -0.39 is 15.9 Å². The van der Waals surface area contributed by atoms with Gasteiger partial charge in [0.1, 0.15) is 10.6 Å². The van der Waals surface area contributed by atoms with Crippen LogP contribution in [0.5, 0.6) is 5.75 Å². The molecule has 1 aliphatic rings. The number of anilines is 1. The van der Waals surface area contributed by atoms with E-state index in [-0.39, 0.29) is 17.3 Å². The Hall–Kier alpha value is -2.89. The van der Waals surface area contributed by atoms with Crippen molar-refractivity contribution in [2.45, 2.75) is 31.1 Å². The van der Waals surface area contributed by atoms with Gasteiger partial charge in [0.2, 0.25) is 15.9 Å². The lowest BCUT2D eigenvalue weighted by molar-refractivity contribution is -0.120. The Bertz CT molecular complexity index is 1060. The molecule has 7 nitrogen and oxygen atoms in total. The number of sulfonamides is 1. The number of hydrogen-bond donors (Lipinski definition) is 1. The third-order valence-corrected chi connectivity index (χ3v) is 7.08. The fourth-order valence-corrected chi connectivity index (χ4v) is 5.31. The summed E-state index contributed by atoms with van der Waals surface area (Å²) < 4.78 is 33.1. The van der Waals surface area contributed by atoms with Crippen molar-refractivity contribution in [1.29, 1.82) is 5.26 Å². The van der Waals surface area contributed by atoms with Crippen LogP contribution in [0.3, 0.4) is 0 Å². The predicted octanol–water partition coefficient (Wildman–Crippen LogP) is 3.11. The Morgan fingerprint density at radius 1 is 1.27 bits per heavy atom. The minimum Gasteiger partial charge on any atom is -0.495 e. The second-order valence-corrected chi connectivity index (χ2v) is 9.28. The number of amides is 1. The number of piperidine rings is 1. The molecule has 1 aliphatic heterocycles. The monoisotopic (exact) mass is 427 g/mol. The zero-order valence-corrected chi connectivity index (χ0v) is 17.9. The lowest BCUT2D eigenvalue weighted by Crippen LogP contribution is -2.43. The van der Waals surface area contributed by atoms with Crippen LogP contribution in [0.2, 0.25) is 0 Å². The van der Waals surface area contributed by atoms with Gasteiger partial charge in [-0.1, -0.05) is 18.2 Å². The van der Waals surface area contributed by atoms with Crippen LogP contribution in [0.4, 0.5) is 5.69 Å². The molecule has 2 aromatic carbocycles. The fraction of sp³-hybridized carbons (Fsp3) is 0.364. The molecular weight excluding hydrogens is 402 g/mol. The van der Waals surface area contributed by atoms with Crippen molar-refractivity contribution in [3.05, 3.63) is 53.6 Å². The van der Waals surface area contributed by atoms with E-state index in [4.69, 9.17) is 10.00 Å². The molecule has 0 aliphatic carbocycles. The maximum Gasteiger partial charge on any atom is 0.246 e. The van der Waals surface area contributed by atoms with E-state index in [1.807, 2.05) is 6.92 Å². The molecule has 1 saturated heterocycles. The Kier molecular flexibility index (Phi) is 6.75. The third kappa shape index (κ3) is 4.81. The second-order valence-electron chi connectivity index (χ2n) is 7.38. The van der Waals surface area contributed by atoms with Gasteiger partial charge >= 0.3 is 0 Å². The highest BCUT2D eigenvalue weighted by atomic mass is 32.2. The first kappa shape index (κ1) is 21.8. The SMILES string of the molecule is COc1ccc(C)cc1S(=O)(=O)N1CCC[C@H](C(=O)Nc2ccc(CC#N)cc2)C1. The van der Waals surface area contributed by atoms with E-state index in [0.717, 1.165) is 11.1 Å². The van der Waals surface area contributed by atoms with E-state index in [2.05, 4.69) is 11.4 Å². The summed E-state index contributed by atoms with van der Waals surface area (Å²) in [5, 5.41) is 11.6. The Labute approximate surface area is 177 Å². The average Bonchev–Trinajstić information content (AvgIpc) is 2.75. The number of rotatable bonds is 6. The second kappa shape index (κ2) is 9.28. The normalized spacial score (nSPS) is 17.2. The first-order valence-electron chi connectivity index (χ1n) is 9.76. The largest absolute Gasteiger partial charge is 0.495 e. The van der Waals surface area contributed by atoms with Gasteiger partial charge in [-0.15, -0.1) is 0 Å². The molecular formula is C22H25N3O4S. The quantitative estimate of drug-likeness (QED) is 0.764. The number of nitrogens with one attached hydrogen (secondary N) is 1. The number of carbonyl (C=O) groups is 1. The van der Waals surface area contributed by atoms with Crippen LogP contribution in [0.15, 0.2) is 47.4 Å². The molecule has 0 unspecified atom stereocenters. The molecule has 0 aromatic heterocycles. The van der Waals surface area contributed by atoms with Crippen LogP contribution < -0.4 is 10.1 Å². The Balaban J connectivity index is 1.74. The molecule has 1 atom stereocenters. The standard InChI is InChI=1S/C22H25N3O4S/c1-16-5-10-20(29-2)21(14-16)30(27,28)25-13-3-4-18(15-25)22(26)24-19-8-6-17(7-9-19)11-12-23/h5-10,14,18H,3-4,11,13,15H2,1-2H3,(H,24,26)/t18-/m0/s1. The number of aryl methyl sites for hydroxylation is 1. The summed E-state index contributed by atoms with van der Waals surface area (Å²) in [6, 6.07) is 14.2. The topological polar surface area (TPSA) is 99.5 Å². The van der Waals surface area contributed by atoms with Crippen LogP contribution in [0.1, 0.15) is 24.0 Å². The molecule has 0 spiro atoms. The highest BCUT2D eigenvalue weighted by molar-refractivity contribution is 7.89. The van der Waals surface area contributed by atoms with Crippen LogP contribution in [0.25, 0.3) is 0 Å². The number of methoxy groups -OCH3 is 1. The third-order valence-electron chi connectivity index (χ3n) is 5.20. The van der Waals surface area contributed by atoms with Gasteiger partial charge in [0.05, 0.1) is 25.5 Å². The zero-order chi connectivity index (χ0) is 21.7. The maximum atomic E-state index is 13.2. The van der Waals surface area contributed by atoms with Crippen LogP contribution >= 0.6 is 0 Å². The summed E-state index contributed by atoms with van der Waals surface area (Å²) in [4.78, 5) is 12.9. The highest BCUT2D eigenvalue weighted by Crippen LogP contribution is 2.31. The molecule has 1 heterocycles. The summed E-state index contributed by atoms with van der Waals surface area (Å²) in [7, 11) is -2.34. The Morgan fingerprint density at radius 2 is 2.00 bits per heavy atom. The molecule has 0 bridgehead atoms. The van der Waals surface area contributed by atoms with Gasteiger partial charge in [-0.3, -0.25) is 4.79 Å². The predicted molar refractivity (Wildman–Crippen MR) is 114 cm³/mol. The minimum atomic E-state index is -3.78. The van der Waals surface area contributed by atoms with Gasteiger partial charge in [0, 0.05) is 18.8 Å². The Morgan fingerprint density at radius 3 is 2.67 bits per heavy atom. The van der Waals surface area contributed by atoms with Gasteiger partial charge in [-0.05, 0) is 55.2 Å². The van der Waals surface area contributed by atoms with Crippen LogP contribution in [-0.4, -0.2) is 38.8 Å². The summed E-state index contributed by atoms with van der Waals surface area (Å²) in [5.74, 6) is -0.355. The lowest BCUT2D eigenvalue weighted by Gasteiger charge is -2.31. The number of nitriles is 1. The minimum absolute atomic E-state index is 0.123. The van der Waals surface area contributed by atoms with Crippen LogP contribution in [-0.2, 0) is 21.2 Å². The van der Waals surface area contributed by atoms with E-state index >= 15 is 0 Å². The van der Waals surface area contributed by atoms with Crippen LogP contribution in [0, 0.1) is 24.2 Å². The number of nitrogens with zero attached hydrogens (tertiary/aromatic N) is 2. The molecule has 1 amide bonds. The summed E-state index contributed by atoms with van der Waals surface area (Å²) in [5.41, 5.74) is 2.32. The molecule has 30 heavy (non-hydrogen) atoms. The van der Waals surface area contributed by atoms with Gasteiger partial charge in [-0.25, -0.2) is 8.42 Å². The van der Waals surface area contributed by atoms with Crippen molar-refractivity contribution in [2.75, 3.05) is 25.5 Å². The molecule has 1 fully saturated rings. The number of carbonyl (C=O) groups excluding carboxylic acids is 1. The smallest absolute Gasteiger partial charge is 0.246 e. The molecule has 0 saturated carbocycles. The van der Waals surface area contributed by atoms with Crippen molar-refractivity contribution < 1.29 is 17.9 Å². The van der Waals surface area contributed by atoms with Gasteiger partial charge < -0.3 is 10.1 Å². The summed E-state index contributed by atoms with van der Waals surface area (Å²) in [6.07, 6.45) is 1.54. The fourth-order valence-electron chi connectivity index (χ4n) is 3.54. The zero-order valence-electron chi connectivity index (χ0n) is 17.1. The summed E-state index contributed by atoms with van der Waals surface area (Å²) in [6.45, 7) is 2.32. The average molecular weight is 428 g/mol. The van der Waals surface area contributed by atoms with E-state index in [1.54, 1.807) is 42.5 Å². The van der Waals surface area contributed by atoms with Crippen molar-refractivity contribution in [2.24, 2.45) is 5.92 Å². The molecule has 8 heteroatoms. The van der Waals surface area contributed by atoms with Gasteiger partial charge in [0.25, 0.3) is 0 Å². The lowest BCUT2D eigenvalue weighted by atomic mass is 9.98. The number of ether oxygens (including phenoxy) is 1. The maximum absolute atomic E-state index is 13.2. The van der Waals surface area contributed by atoms with Crippen molar-refractivity contribution in [1.82, 2.24) is 4.31 Å². The molecule has 1 N–H and O–H groups in total. The van der Waals surface area contributed by atoms with Gasteiger partial charge in [-0.2, -0.15) is 9.57 Å². The highest BCUT2D eigenvalue weighted by Gasteiger charge is 2.35. The molecule has 0 radical (unpaired) electrons. The molecule has 2 aromatic rings. The van der Waals surface area contributed by atoms with Crippen molar-refractivity contribution in [3.63, 3.8) is 0 Å². The molecule has 3 rings (SSSR count). The van der Waals surface area contributed by atoms with E-state index in [9.17, 15) is 13.2 Å². The van der Waals surface area contributed by atoms with Crippen molar-refractivity contribution >= 4 is 21.6 Å². The first-order valence-corrected chi connectivity index (χ1v) is 11.2.